The van der Waals surface area contributed by atoms with E-state index in [1.54, 1.807) is 17.0 Å². The number of nitrogens with one attached hydrogen (secondary N) is 1. The van der Waals surface area contributed by atoms with Gasteiger partial charge in [0.1, 0.15) is 6.04 Å². The molecule has 1 saturated heterocycles. The van der Waals surface area contributed by atoms with Crippen LogP contribution in [0.4, 0.5) is 5.69 Å². The molecule has 0 radical (unpaired) electrons. The van der Waals surface area contributed by atoms with Crippen LogP contribution in [0.15, 0.2) is 54.6 Å². The van der Waals surface area contributed by atoms with E-state index >= 15 is 0 Å². The molecule has 1 fully saturated rings. The minimum atomic E-state index is -0.690. The Hall–Kier alpha value is -2.08. The number of amides is 2. The highest BCUT2D eigenvalue weighted by atomic mass is 35.5. The summed E-state index contributed by atoms with van der Waals surface area (Å²) < 4.78 is 0. The Morgan fingerprint density at radius 3 is 2.54 bits per heavy atom. The van der Waals surface area contributed by atoms with Gasteiger partial charge in [-0.1, -0.05) is 54.1 Å². The highest BCUT2D eigenvalue weighted by Gasteiger charge is 2.35. The lowest BCUT2D eigenvalue weighted by Crippen LogP contribution is -2.49. The van der Waals surface area contributed by atoms with Crippen LogP contribution in [-0.2, 0) is 16.0 Å². The molecule has 1 aliphatic heterocycles. The van der Waals surface area contributed by atoms with E-state index in [4.69, 9.17) is 17.3 Å². The summed E-state index contributed by atoms with van der Waals surface area (Å²) in [6.07, 6.45) is 0.968. The maximum absolute atomic E-state index is 12.6. The Balaban J connectivity index is 0.00000243. The van der Waals surface area contributed by atoms with E-state index in [0.29, 0.717) is 30.1 Å². The summed E-state index contributed by atoms with van der Waals surface area (Å²) in [6.45, 7) is 0.515. The van der Waals surface area contributed by atoms with Crippen molar-refractivity contribution in [3.63, 3.8) is 0 Å². The van der Waals surface area contributed by atoms with Crippen LogP contribution in [0, 0.1) is 0 Å². The number of nitrogens with two attached hydrogens (primary N) is 1. The molecule has 0 aromatic heterocycles. The first kappa shape index (κ1) is 20.2. The van der Waals surface area contributed by atoms with E-state index in [9.17, 15) is 9.59 Å². The second-order valence-electron chi connectivity index (χ2n) is 6.09. The molecular formula is C19H21Cl2N3O2. The van der Waals surface area contributed by atoms with Crippen LogP contribution in [-0.4, -0.2) is 30.4 Å². The maximum atomic E-state index is 12.6. The van der Waals surface area contributed by atoms with Gasteiger partial charge in [0.05, 0.1) is 16.8 Å². The molecule has 0 spiro atoms. The molecule has 1 aliphatic rings. The standard InChI is InChI=1S/C19H20ClN3O2.ClH/c20-14-8-4-5-9-17(14)23-11-10-16(19(23)25)22-18(24)15(21)12-13-6-2-1-3-7-13;/h1-9,15-16H,10-12,21H2,(H,22,24);1H/t15-,16?;/m0./s1. The molecule has 2 atom stereocenters. The summed E-state index contributed by atoms with van der Waals surface area (Å²) in [4.78, 5) is 26.5. The summed E-state index contributed by atoms with van der Waals surface area (Å²) in [5.41, 5.74) is 7.64. The number of halogens is 2. The number of carbonyl (C=O) groups excluding carboxylic acids is 2. The summed E-state index contributed by atoms with van der Waals surface area (Å²) in [5, 5.41) is 3.29. The second kappa shape index (κ2) is 9.03. The Labute approximate surface area is 163 Å². The largest absolute Gasteiger partial charge is 0.343 e. The van der Waals surface area contributed by atoms with E-state index in [2.05, 4.69) is 5.32 Å². The smallest absolute Gasteiger partial charge is 0.249 e. The minimum Gasteiger partial charge on any atom is -0.343 e. The highest BCUT2D eigenvalue weighted by Crippen LogP contribution is 2.28. The number of rotatable bonds is 5. The van der Waals surface area contributed by atoms with Crippen LogP contribution in [0.1, 0.15) is 12.0 Å². The van der Waals surface area contributed by atoms with Crippen LogP contribution < -0.4 is 16.0 Å². The molecule has 0 bridgehead atoms. The molecule has 138 valence electrons. The van der Waals surface area contributed by atoms with Gasteiger partial charge in [-0.05, 0) is 30.5 Å². The fourth-order valence-corrected chi connectivity index (χ4v) is 3.20. The lowest BCUT2D eigenvalue weighted by Gasteiger charge is -2.19. The van der Waals surface area contributed by atoms with Crippen molar-refractivity contribution < 1.29 is 9.59 Å². The van der Waals surface area contributed by atoms with E-state index in [0.717, 1.165) is 5.56 Å². The molecular weight excluding hydrogens is 373 g/mol. The average molecular weight is 394 g/mol. The van der Waals surface area contributed by atoms with Gasteiger partial charge in [0.2, 0.25) is 11.8 Å². The van der Waals surface area contributed by atoms with Crippen molar-refractivity contribution in [3.05, 3.63) is 65.2 Å². The van der Waals surface area contributed by atoms with Crippen molar-refractivity contribution in [3.8, 4) is 0 Å². The highest BCUT2D eigenvalue weighted by molar-refractivity contribution is 6.34. The molecule has 0 aliphatic carbocycles. The van der Waals surface area contributed by atoms with E-state index < -0.39 is 12.1 Å². The second-order valence-corrected chi connectivity index (χ2v) is 6.49. The Bertz CT molecular complexity index is 770. The summed E-state index contributed by atoms with van der Waals surface area (Å²) in [5.74, 6) is -0.475. The number of anilines is 1. The first-order valence-corrected chi connectivity index (χ1v) is 8.60. The van der Waals surface area contributed by atoms with Crippen molar-refractivity contribution in [2.75, 3.05) is 11.4 Å². The van der Waals surface area contributed by atoms with Crippen molar-refractivity contribution in [1.29, 1.82) is 0 Å². The molecule has 26 heavy (non-hydrogen) atoms. The maximum Gasteiger partial charge on any atom is 0.249 e. The van der Waals surface area contributed by atoms with Crippen molar-refractivity contribution in [2.24, 2.45) is 5.73 Å². The Morgan fingerprint density at radius 1 is 1.19 bits per heavy atom. The molecule has 1 heterocycles. The van der Waals surface area contributed by atoms with Crippen LogP contribution >= 0.6 is 24.0 Å². The first-order valence-electron chi connectivity index (χ1n) is 8.22. The molecule has 2 amide bonds. The van der Waals surface area contributed by atoms with E-state index in [-0.39, 0.29) is 24.2 Å². The fraction of sp³-hybridized carbons (Fsp3) is 0.263. The third-order valence-corrected chi connectivity index (χ3v) is 4.62. The zero-order valence-corrected chi connectivity index (χ0v) is 15.7. The summed E-state index contributed by atoms with van der Waals surface area (Å²) >= 11 is 6.16. The molecule has 3 N–H and O–H groups in total. The number of nitrogens with zero attached hydrogens (tertiary/aromatic N) is 1. The topological polar surface area (TPSA) is 75.4 Å². The molecule has 7 heteroatoms. The van der Waals surface area contributed by atoms with Gasteiger partial charge in [0.15, 0.2) is 0 Å². The molecule has 2 aromatic carbocycles. The van der Waals surface area contributed by atoms with Crippen LogP contribution in [0.5, 0.6) is 0 Å². The zero-order valence-electron chi connectivity index (χ0n) is 14.1. The van der Waals surface area contributed by atoms with Crippen molar-refractivity contribution >= 4 is 41.5 Å². The van der Waals surface area contributed by atoms with Gasteiger partial charge in [0, 0.05) is 6.54 Å². The Morgan fingerprint density at radius 2 is 1.85 bits per heavy atom. The monoisotopic (exact) mass is 393 g/mol. The van der Waals surface area contributed by atoms with Gasteiger partial charge in [-0.3, -0.25) is 9.59 Å². The first-order chi connectivity index (χ1) is 12.1. The van der Waals surface area contributed by atoms with Crippen molar-refractivity contribution in [1.82, 2.24) is 5.32 Å². The van der Waals surface area contributed by atoms with Crippen LogP contribution in [0.3, 0.4) is 0 Å². The molecule has 0 saturated carbocycles. The quantitative estimate of drug-likeness (QED) is 0.819. The van der Waals surface area contributed by atoms with Crippen molar-refractivity contribution in [2.45, 2.75) is 24.9 Å². The number of benzene rings is 2. The van der Waals surface area contributed by atoms with Gasteiger partial charge in [-0.2, -0.15) is 0 Å². The lowest BCUT2D eigenvalue weighted by atomic mass is 10.1. The number of para-hydroxylation sites is 1. The van der Waals surface area contributed by atoms with Gasteiger partial charge in [0.25, 0.3) is 0 Å². The number of hydrogen-bond donors (Lipinski definition) is 2. The normalized spacial score (nSPS) is 17.5. The zero-order chi connectivity index (χ0) is 17.8. The van der Waals surface area contributed by atoms with E-state index in [1.807, 2.05) is 42.5 Å². The average Bonchev–Trinajstić information content (AvgIpc) is 2.97. The molecule has 5 nitrogen and oxygen atoms in total. The number of carbonyl (C=O) groups is 2. The SMILES string of the molecule is Cl.N[C@@H](Cc1ccccc1)C(=O)NC1CCN(c2ccccc2Cl)C1=O. The molecule has 3 rings (SSSR count). The number of hydrogen-bond acceptors (Lipinski definition) is 3. The third kappa shape index (κ3) is 4.55. The van der Waals surface area contributed by atoms with E-state index in [1.165, 1.54) is 0 Å². The summed E-state index contributed by atoms with van der Waals surface area (Å²) in [6, 6.07) is 15.5. The van der Waals surface area contributed by atoms with Gasteiger partial charge in [-0.25, -0.2) is 0 Å². The summed E-state index contributed by atoms with van der Waals surface area (Å²) in [7, 11) is 0. The minimum absolute atomic E-state index is 0. The Kier molecular flexibility index (Phi) is 7.03. The van der Waals surface area contributed by atoms with Crippen LogP contribution in [0.2, 0.25) is 5.02 Å². The van der Waals surface area contributed by atoms with Gasteiger partial charge in [-0.15, -0.1) is 12.4 Å². The molecule has 2 aromatic rings. The predicted octanol–water partition coefficient (Wildman–Crippen LogP) is 2.55. The van der Waals surface area contributed by atoms with Gasteiger partial charge < -0.3 is 16.0 Å². The third-order valence-electron chi connectivity index (χ3n) is 4.30. The fourth-order valence-electron chi connectivity index (χ4n) is 2.96. The van der Waals surface area contributed by atoms with Gasteiger partial charge >= 0.3 is 0 Å². The molecule has 1 unspecified atom stereocenters. The predicted molar refractivity (Wildman–Crippen MR) is 106 cm³/mol. The lowest BCUT2D eigenvalue weighted by molar-refractivity contribution is -0.127. The van der Waals surface area contributed by atoms with Crippen LogP contribution in [0.25, 0.3) is 0 Å².